The van der Waals surface area contributed by atoms with E-state index in [-0.39, 0.29) is 42.4 Å². The number of carboxylic acid groups (broad SMARTS) is 1. The molecule has 7 nitrogen and oxygen atoms in total. The standard InChI is InChI=1S/C27H28N2O5.Na/c1-2-34-22-15-13-20(14-16-22)18-24(27(32)33)29-26(31)23(17-19-9-5-3-6-10-19)28-25(30)21-11-7-4-8-12-21;/h3-16,23-24H,2,17-18H2,1H3,(H,28,30)(H,29,31)(H,32,33);/q;+1/p-1/t23-,24-;/m0./s1. The van der Waals surface area contributed by atoms with E-state index in [4.69, 9.17) is 4.74 Å². The van der Waals surface area contributed by atoms with E-state index in [0.29, 0.717) is 23.5 Å². The molecule has 8 heteroatoms. The van der Waals surface area contributed by atoms with Crippen molar-refractivity contribution in [2.45, 2.75) is 31.8 Å². The first-order chi connectivity index (χ1) is 16.5. The molecule has 0 radical (unpaired) electrons. The minimum Gasteiger partial charge on any atom is -0.548 e. The average molecular weight is 483 g/mol. The van der Waals surface area contributed by atoms with Crippen LogP contribution in [-0.4, -0.2) is 36.5 Å². The number of amides is 2. The number of carbonyl (C=O) groups is 3. The quantitative estimate of drug-likeness (QED) is 0.338. The molecule has 0 fully saturated rings. The SMILES string of the molecule is CCOc1ccc(C[C@H](NC(=O)[C@H](Cc2ccccc2)NC(=O)c2ccccc2)C(=O)[O-])cc1.[Na+]. The molecule has 3 aromatic rings. The molecule has 3 aromatic carbocycles. The Morgan fingerprint density at radius 2 is 1.31 bits per heavy atom. The molecule has 35 heavy (non-hydrogen) atoms. The Morgan fingerprint density at radius 3 is 1.89 bits per heavy atom. The number of carboxylic acids is 1. The van der Waals surface area contributed by atoms with Crippen LogP contribution in [0.5, 0.6) is 5.75 Å². The van der Waals surface area contributed by atoms with Crippen LogP contribution in [0, 0.1) is 0 Å². The molecule has 3 rings (SSSR count). The molecule has 0 aliphatic rings. The van der Waals surface area contributed by atoms with Crippen molar-refractivity contribution in [3.63, 3.8) is 0 Å². The van der Waals surface area contributed by atoms with Crippen molar-refractivity contribution >= 4 is 17.8 Å². The normalized spacial score (nSPS) is 11.9. The molecule has 0 aromatic heterocycles. The fraction of sp³-hybridized carbons (Fsp3) is 0.222. The second-order valence-electron chi connectivity index (χ2n) is 7.74. The first-order valence-electron chi connectivity index (χ1n) is 11.1. The van der Waals surface area contributed by atoms with Gasteiger partial charge in [0.25, 0.3) is 5.91 Å². The molecule has 0 spiro atoms. The van der Waals surface area contributed by atoms with Gasteiger partial charge in [0.15, 0.2) is 0 Å². The summed E-state index contributed by atoms with van der Waals surface area (Å²) in [6.45, 7) is 2.40. The number of hydrogen-bond acceptors (Lipinski definition) is 5. The number of aliphatic carboxylic acids is 1. The average Bonchev–Trinajstić information content (AvgIpc) is 2.85. The molecule has 0 saturated carbocycles. The Bertz CT molecular complexity index is 1090. The summed E-state index contributed by atoms with van der Waals surface area (Å²) in [4.78, 5) is 37.6. The number of benzene rings is 3. The van der Waals surface area contributed by atoms with Crippen LogP contribution < -0.4 is 50.0 Å². The van der Waals surface area contributed by atoms with Crippen LogP contribution in [0.25, 0.3) is 0 Å². The zero-order valence-corrected chi connectivity index (χ0v) is 21.9. The molecule has 2 amide bonds. The molecular weight excluding hydrogens is 455 g/mol. The second-order valence-corrected chi connectivity index (χ2v) is 7.74. The second kappa shape index (κ2) is 14.3. The van der Waals surface area contributed by atoms with Gasteiger partial charge in [0, 0.05) is 12.0 Å². The van der Waals surface area contributed by atoms with Crippen molar-refractivity contribution in [2.75, 3.05) is 6.61 Å². The summed E-state index contributed by atoms with van der Waals surface area (Å²) >= 11 is 0. The van der Waals surface area contributed by atoms with Crippen molar-refractivity contribution in [1.29, 1.82) is 0 Å². The molecule has 0 bridgehead atoms. The van der Waals surface area contributed by atoms with Crippen molar-refractivity contribution in [3.05, 3.63) is 102 Å². The first kappa shape index (κ1) is 28.1. The molecule has 0 aliphatic heterocycles. The van der Waals surface area contributed by atoms with E-state index in [9.17, 15) is 19.5 Å². The smallest absolute Gasteiger partial charge is 0.548 e. The fourth-order valence-electron chi connectivity index (χ4n) is 3.48. The fourth-order valence-corrected chi connectivity index (χ4v) is 3.48. The molecule has 2 atom stereocenters. The van der Waals surface area contributed by atoms with E-state index >= 15 is 0 Å². The largest absolute Gasteiger partial charge is 1.00 e. The number of nitrogens with one attached hydrogen (secondary N) is 2. The maximum absolute atomic E-state index is 13.1. The van der Waals surface area contributed by atoms with Gasteiger partial charge in [0.05, 0.1) is 18.6 Å². The van der Waals surface area contributed by atoms with Gasteiger partial charge in [-0.1, -0.05) is 60.7 Å². The topological polar surface area (TPSA) is 108 Å². The summed E-state index contributed by atoms with van der Waals surface area (Å²) in [6.07, 6.45) is 0.235. The van der Waals surface area contributed by atoms with Crippen LogP contribution in [0.3, 0.4) is 0 Å². The van der Waals surface area contributed by atoms with Crippen molar-refractivity contribution < 1.29 is 53.8 Å². The summed E-state index contributed by atoms with van der Waals surface area (Å²) in [7, 11) is 0. The molecule has 176 valence electrons. The van der Waals surface area contributed by atoms with Crippen LogP contribution in [0.1, 0.15) is 28.4 Å². The maximum Gasteiger partial charge on any atom is 1.00 e. The Kier molecular flexibility index (Phi) is 11.5. The van der Waals surface area contributed by atoms with E-state index in [2.05, 4.69) is 10.6 Å². The van der Waals surface area contributed by atoms with Crippen molar-refractivity contribution in [2.24, 2.45) is 0 Å². The van der Waals surface area contributed by atoms with Crippen LogP contribution >= 0.6 is 0 Å². The molecular formula is C27H27N2NaO5. The summed E-state index contributed by atoms with van der Waals surface area (Å²) in [5, 5.41) is 17.1. The maximum atomic E-state index is 13.1. The summed E-state index contributed by atoms with van der Waals surface area (Å²) in [6, 6.07) is 22.4. The van der Waals surface area contributed by atoms with Gasteiger partial charge in [-0.2, -0.15) is 0 Å². The Hall–Kier alpha value is -3.13. The van der Waals surface area contributed by atoms with Gasteiger partial charge < -0.3 is 25.3 Å². The van der Waals surface area contributed by atoms with Gasteiger partial charge in [0.2, 0.25) is 5.91 Å². The Morgan fingerprint density at radius 1 is 0.771 bits per heavy atom. The van der Waals surface area contributed by atoms with Crippen LogP contribution in [0.2, 0.25) is 0 Å². The van der Waals surface area contributed by atoms with Gasteiger partial charge in [-0.25, -0.2) is 0 Å². The minimum atomic E-state index is -1.41. The van der Waals surface area contributed by atoms with Crippen molar-refractivity contribution in [1.82, 2.24) is 10.6 Å². The molecule has 2 N–H and O–H groups in total. The first-order valence-corrected chi connectivity index (χ1v) is 11.1. The van der Waals surface area contributed by atoms with Crippen molar-refractivity contribution in [3.8, 4) is 5.75 Å². The monoisotopic (exact) mass is 482 g/mol. The number of carbonyl (C=O) groups excluding carboxylic acids is 3. The number of hydrogen-bond donors (Lipinski definition) is 2. The van der Waals surface area contributed by atoms with Crippen LogP contribution in [0.4, 0.5) is 0 Å². The Labute approximate surface area is 227 Å². The van der Waals surface area contributed by atoms with Gasteiger partial charge in [-0.15, -0.1) is 0 Å². The third-order valence-electron chi connectivity index (χ3n) is 5.22. The Balaban J connectivity index is 0.00000432. The molecule has 0 unspecified atom stereocenters. The van der Waals surface area contributed by atoms with E-state index in [0.717, 1.165) is 5.56 Å². The van der Waals surface area contributed by atoms with Gasteiger partial charge in [-0.3, -0.25) is 9.59 Å². The summed E-state index contributed by atoms with van der Waals surface area (Å²) in [5.41, 5.74) is 1.93. The van der Waals surface area contributed by atoms with E-state index < -0.39 is 29.9 Å². The predicted molar refractivity (Wildman–Crippen MR) is 126 cm³/mol. The summed E-state index contributed by atoms with van der Waals surface area (Å²) < 4.78 is 5.40. The van der Waals surface area contributed by atoms with E-state index in [1.165, 1.54) is 0 Å². The van der Waals surface area contributed by atoms with Crippen LogP contribution in [-0.2, 0) is 22.4 Å². The number of rotatable bonds is 11. The number of ether oxygens (including phenoxy) is 1. The van der Waals surface area contributed by atoms with Crippen LogP contribution in [0.15, 0.2) is 84.9 Å². The third kappa shape index (κ3) is 8.87. The minimum absolute atomic E-state index is 0. The third-order valence-corrected chi connectivity index (χ3v) is 5.22. The summed E-state index contributed by atoms with van der Waals surface area (Å²) in [5.74, 6) is -1.76. The molecule has 0 saturated heterocycles. The zero-order chi connectivity index (χ0) is 24.3. The molecule has 0 heterocycles. The van der Waals surface area contributed by atoms with Gasteiger partial charge >= 0.3 is 29.6 Å². The van der Waals surface area contributed by atoms with E-state index in [1.54, 1.807) is 54.6 Å². The molecule has 0 aliphatic carbocycles. The van der Waals surface area contributed by atoms with E-state index in [1.807, 2.05) is 37.3 Å². The van der Waals surface area contributed by atoms with Gasteiger partial charge in [-0.05, 0) is 48.7 Å². The van der Waals surface area contributed by atoms with Gasteiger partial charge in [0.1, 0.15) is 11.8 Å². The zero-order valence-electron chi connectivity index (χ0n) is 19.9. The predicted octanol–water partition coefficient (Wildman–Crippen LogP) is -1.09.